The van der Waals surface area contributed by atoms with Gasteiger partial charge < -0.3 is 14.3 Å². The normalized spacial score (nSPS) is 14.9. The van der Waals surface area contributed by atoms with Crippen molar-refractivity contribution < 1.29 is 14.3 Å². The first-order valence-corrected chi connectivity index (χ1v) is 23.5. The van der Waals surface area contributed by atoms with E-state index in [0.29, 0.717) is 13.2 Å². The number of rotatable bonds is 32. The molecule has 2 atom stereocenters. The Bertz CT molecular complexity index is 451. The van der Waals surface area contributed by atoms with Gasteiger partial charge in [-0.15, -0.1) is 0 Å². The largest absolute Gasteiger partial charge is 0.455 e. The Balaban J connectivity index is 4.63. The van der Waals surface area contributed by atoms with E-state index in [4.69, 9.17) is 4.12 Å². The second kappa shape index (κ2) is 28.4. The molecule has 0 radical (unpaired) electrons. The van der Waals surface area contributed by atoms with Crippen molar-refractivity contribution in [3.8, 4) is 0 Å². The molecule has 0 aliphatic heterocycles. The second-order valence-corrected chi connectivity index (χ2v) is 21.8. The molecule has 0 spiro atoms. The van der Waals surface area contributed by atoms with E-state index in [9.17, 15) is 10.2 Å². The van der Waals surface area contributed by atoms with Gasteiger partial charge in [0.2, 0.25) is 0 Å². The van der Waals surface area contributed by atoms with Crippen molar-refractivity contribution in [3.63, 3.8) is 0 Å². The molecule has 0 fully saturated rings. The average Bonchev–Trinajstić information content (AvgIpc) is 2.91. The van der Waals surface area contributed by atoms with E-state index in [1.165, 1.54) is 153 Å². The quantitative estimate of drug-likeness (QED) is 0.0608. The molecule has 0 aliphatic rings. The van der Waals surface area contributed by atoms with Gasteiger partial charge in [0.1, 0.15) is 0 Å². The predicted octanol–water partition coefficient (Wildman–Crippen LogP) is 11.5. The number of unbranched alkanes of at least 4 members (excludes halogenated alkanes) is 20. The summed E-state index contributed by atoms with van der Waals surface area (Å²) in [6, 6.07) is 5.03. The fourth-order valence-corrected chi connectivity index (χ4v) is 17.1. The highest BCUT2D eigenvalue weighted by Crippen LogP contribution is 2.33. The van der Waals surface area contributed by atoms with Crippen LogP contribution in [0.4, 0.5) is 0 Å². The molecular weight excluding hydrogens is 513 g/mol. The minimum Gasteiger partial charge on any atom is -0.455 e. The summed E-state index contributed by atoms with van der Waals surface area (Å²) in [6.45, 7) is 10.3. The van der Waals surface area contributed by atoms with E-state index in [2.05, 4.69) is 26.9 Å². The molecule has 3 nitrogen and oxygen atoms in total. The van der Waals surface area contributed by atoms with Gasteiger partial charge in [0.25, 0.3) is 0 Å². The topological polar surface area (TPSA) is 49.7 Å². The van der Waals surface area contributed by atoms with Crippen LogP contribution in [0.3, 0.4) is 0 Å². The summed E-state index contributed by atoms with van der Waals surface area (Å²) in [5.74, 6) is 0. The van der Waals surface area contributed by atoms with E-state index in [1.807, 2.05) is 0 Å². The summed E-state index contributed by atoms with van der Waals surface area (Å²) in [5.41, 5.74) is 0. The summed E-state index contributed by atoms with van der Waals surface area (Å²) in [6.07, 6.45) is 31.9. The average molecular weight is 587 g/mol. The van der Waals surface area contributed by atoms with Crippen LogP contribution in [-0.2, 0) is 4.12 Å². The van der Waals surface area contributed by atoms with Crippen molar-refractivity contribution in [1.82, 2.24) is 0 Å². The van der Waals surface area contributed by atoms with Gasteiger partial charge in [-0.25, -0.2) is 0 Å². The van der Waals surface area contributed by atoms with E-state index >= 15 is 0 Å². The van der Waals surface area contributed by atoms with Crippen molar-refractivity contribution in [2.45, 2.75) is 205 Å². The first-order valence-electron chi connectivity index (χ1n) is 17.9. The molecule has 5 heteroatoms. The van der Waals surface area contributed by atoms with Crippen LogP contribution >= 0.6 is 0 Å². The number of aliphatic hydroxyl groups excluding tert-OH is 2. The maximum atomic E-state index is 9.42. The summed E-state index contributed by atoms with van der Waals surface area (Å²) < 4.78 is 7.40. The second-order valence-electron chi connectivity index (χ2n) is 13.2. The third-order valence-electron chi connectivity index (χ3n) is 8.84. The summed E-state index contributed by atoms with van der Waals surface area (Å²) in [5, 5.41) is 18.8. The zero-order valence-electron chi connectivity index (χ0n) is 27.5. The lowest BCUT2D eigenvalue weighted by Gasteiger charge is -2.39. The van der Waals surface area contributed by atoms with Gasteiger partial charge >= 0.3 is 0 Å². The third kappa shape index (κ3) is 25.7. The Kier molecular flexibility index (Phi) is 28.7. The summed E-state index contributed by atoms with van der Waals surface area (Å²) in [4.78, 5) is 0. The minimum atomic E-state index is -1.78. The Labute approximate surface area is 248 Å². The Hall–Kier alpha value is 0.314. The summed E-state index contributed by atoms with van der Waals surface area (Å²) in [7, 11) is -3.56. The Morgan fingerprint density at radius 3 is 0.846 bits per heavy atom. The SMILES string of the molecule is CCCCCCCCCCCC[Si](C)(CCCCO)O[Si](C)(CCCCO)CCCCCCCCCCCC. The molecule has 236 valence electrons. The van der Waals surface area contributed by atoms with Gasteiger partial charge in [-0.05, 0) is 50.1 Å². The summed E-state index contributed by atoms with van der Waals surface area (Å²) >= 11 is 0. The van der Waals surface area contributed by atoms with Crippen molar-refractivity contribution in [2.24, 2.45) is 0 Å². The van der Waals surface area contributed by atoms with Crippen LogP contribution in [0, 0.1) is 0 Å². The molecular formula is C34H74O3Si2. The maximum Gasteiger partial charge on any atom is 0.176 e. The molecule has 0 saturated heterocycles. The van der Waals surface area contributed by atoms with Gasteiger partial charge in [0, 0.05) is 13.2 Å². The molecule has 0 aromatic rings. The predicted molar refractivity (Wildman–Crippen MR) is 180 cm³/mol. The van der Waals surface area contributed by atoms with Gasteiger partial charge in [0.05, 0.1) is 0 Å². The zero-order valence-corrected chi connectivity index (χ0v) is 29.5. The number of hydrogen-bond acceptors (Lipinski definition) is 3. The Morgan fingerprint density at radius 2 is 0.590 bits per heavy atom. The molecule has 0 aliphatic carbocycles. The fraction of sp³-hybridized carbons (Fsp3) is 1.00. The lowest BCUT2D eigenvalue weighted by Crippen LogP contribution is -2.48. The van der Waals surface area contributed by atoms with E-state index in [-0.39, 0.29) is 0 Å². The molecule has 0 heterocycles. The first kappa shape index (κ1) is 39.3. The van der Waals surface area contributed by atoms with Crippen LogP contribution in [0.2, 0.25) is 37.3 Å². The minimum absolute atomic E-state index is 0.312. The molecule has 0 rings (SSSR count). The van der Waals surface area contributed by atoms with Crippen LogP contribution in [-0.4, -0.2) is 40.1 Å². The molecule has 0 aromatic heterocycles. The lowest BCUT2D eigenvalue weighted by molar-refractivity contribution is 0.285. The van der Waals surface area contributed by atoms with Gasteiger partial charge in [0.15, 0.2) is 16.6 Å². The van der Waals surface area contributed by atoms with Crippen LogP contribution in [0.25, 0.3) is 0 Å². The zero-order chi connectivity index (χ0) is 28.9. The van der Waals surface area contributed by atoms with Crippen LogP contribution in [0.1, 0.15) is 168 Å². The van der Waals surface area contributed by atoms with Crippen molar-refractivity contribution in [2.75, 3.05) is 13.2 Å². The van der Waals surface area contributed by atoms with Crippen LogP contribution in [0.15, 0.2) is 0 Å². The third-order valence-corrected chi connectivity index (χ3v) is 18.4. The van der Waals surface area contributed by atoms with E-state index in [0.717, 1.165) is 25.7 Å². The lowest BCUT2D eigenvalue weighted by atomic mass is 10.1. The molecule has 0 saturated carbocycles. The van der Waals surface area contributed by atoms with Crippen molar-refractivity contribution >= 4 is 16.6 Å². The highest BCUT2D eigenvalue weighted by molar-refractivity contribution is 6.86. The monoisotopic (exact) mass is 587 g/mol. The smallest absolute Gasteiger partial charge is 0.176 e. The molecule has 2 N–H and O–H groups in total. The van der Waals surface area contributed by atoms with Crippen LogP contribution in [0.5, 0.6) is 0 Å². The van der Waals surface area contributed by atoms with Crippen molar-refractivity contribution in [3.05, 3.63) is 0 Å². The highest BCUT2D eigenvalue weighted by atomic mass is 28.4. The van der Waals surface area contributed by atoms with E-state index < -0.39 is 16.6 Å². The Morgan fingerprint density at radius 1 is 0.359 bits per heavy atom. The maximum absolute atomic E-state index is 9.42. The van der Waals surface area contributed by atoms with Crippen molar-refractivity contribution in [1.29, 1.82) is 0 Å². The number of aliphatic hydroxyl groups is 2. The standard InChI is InChI=1S/C34H74O3Si2/c1-5-7-9-11-13-15-17-19-21-25-31-38(3,33-27-23-29-35)37-39(4,34-28-24-30-36)32-26-22-20-18-16-14-12-10-8-6-2/h35-36H,5-34H2,1-4H3. The van der Waals surface area contributed by atoms with Gasteiger partial charge in [-0.1, -0.05) is 155 Å². The molecule has 39 heavy (non-hydrogen) atoms. The van der Waals surface area contributed by atoms with Gasteiger partial charge in [-0.3, -0.25) is 0 Å². The van der Waals surface area contributed by atoms with Gasteiger partial charge in [-0.2, -0.15) is 0 Å². The molecule has 0 amide bonds. The molecule has 2 unspecified atom stereocenters. The molecule has 0 aromatic carbocycles. The highest BCUT2D eigenvalue weighted by Gasteiger charge is 2.38. The number of hydrogen-bond donors (Lipinski definition) is 2. The van der Waals surface area contributed by atoms with Crippen LogP contribution < -0.4 is 0 Å². The van der Waals surface area contributed by atoms with E-state index in [1.54, 1.807) is 0 Å². The first-order chi connectivity index (χ1) is 18.9. The molecule has 0 bridgehead atoms. The fourth-order valence-electron chi connectivity index (χ4n) is 6.24.